The van der Waals surface area contributed by atoms with Crippen molar-refractivity contribution in [3.05, 3.63) is 34.3 Å². The van der Waals surface area contributed by atoms with Crippen molar-refractivity contribution in [2.75, 3.05) is 6.61 Å². The Labute approximate surface area is 93.9 Å². The van der Waals surface area contributed by atoms with E-state index in [1.54, 1.807) is 12.1 Å². The molecule has 0 fully saturated rings. The molecular formula is C11H15ClO3. The maximum atomic E-state index is 9.84. The zero-order chi connectivity index (χ0) is 11.4. The largest absolute Gasteiger partial charge is 0.396 e. The fraction of sp³-hybridized carbons (Fsp3) is 0.455. The molecule has 0 spiro atoms. The molecule has 15 heavy (non-hydrogen) atoms. The van der Waals surface area contributed by atoms with Crippen LogP contribution in [0.1, 0.15) is 23.7 Å². The molecule has 0 bridgehead atoms. The molecule has 4 heteroatoms. The Hall–Kier alpha value is -0.610. The molecule has 0 aliphatic heterocycles. The standard InChI is InChI=1S/C11H15ClO3/c1-7-3-2-4-8(12)10(7)11(15)9(14)5-6-13/h2-4,9,11,13-15H,5-6H2,1H3. The summed E-state index contributed by atoms with van der Waals surface area (Å²) in [4.78, 5) is 0. The lowest BCUT2D eigenvalue weighted by molar-refractivity contribution is 0.00394. The van der Waals surface area contributed by atoms with Crippen molar-refractivity contribution in [1.29, 1.82) is 0 Å². The summed E-state index contributed by atoms with van der Waals surface area (Å²) in [6.07, 6.45) is -1.91. The molecular weight excluding hydrogens is 216 g/mol. The Balaban J connectivity index is 2.94. The Bertz CT molecular complexity index is 307. The second kappa shape index (κ2) is 5.47. The third-order valence-electron chi connectivity index (χ3n) is 2.36. The van der Waals surface area contributed by atoms with E-state index in [1.165, 1.54) is 0 Å². The molecule has 0 radical (unpaired) electrons. The summed E-state index contributed by atoms with van der Waals surface area (Å²) in [7, 11) is 0. The van der Waals surface area contributed by atoms with Crippen molar-refractivity contribution >= 4 is 11.6 Å². The number of aliphatic hydroxyl groups is 3. The average Bonchev–Trinajstić information content (AvgIpc) is 2.17. The van der Waals surface area contributed by atoms with Gasteiger partial charge in [0.2, 0.25) is 0 Å². The summed E-state index contributed by atoms with van der Waals surface area (Å²) in [5, 5.41) is 28.5. The molecule has 1 aromatic rings. The highest BCUT2D eigenvalue weighted by atomic mass is 35.5. The minimum absolute atomic E-state index is 0.131. The highest BCUT2D eigenvalue weighted by molar-refractivity contribution is 6.31. The van der Waals surface area contributed by atoms with Crippen LogP contribution in [0.5, 0.6) is 0 Å². The third-order valence-corrected chi connectivity index (χ3v) is 2.69. The van der Waals surface area contributed by atoms with E-state index in [-0.39, 0.29) is 13.0 Å². The Morgan fingerprint density at radius 2 is 2.00 bits per heavy atom. The van der Waals surface area contributed by atoms with Crippen molar-refractivity contribution in [2.45, 2.75) is 25.6 Å². The predicted molar refractivity (Wildman–Crippen MR) is 58.9 cm³/mol. The second-order valence-electron chi connectivity index (χ2n) is 3.49. The highest BCUT2D eigenvalue weighted by Gasteiger charge is 2.21. The molecule has 84 valence electrons. The van der Waals surface area contributed by atoms with Gasteiger partial charge in [-0.05, 0) is 25.0 Å². The quantitative estimate of drug-likeness (QED) is 0.733. The Kier molecular flexibility index (Phi) is 4.54. The van der Waals surface area contributed by atoms with Gasteiger partial charge in [0.05, 0.1) is 6.10 Å². The minimum atomic E-state index is -1.05. The van der Waals surface area contributed by atoms with E-state index in [2.05, 4.69) is 0 Å². The van der Waals surface area contributed by atoms with Crippen LogP contribution < -0.4 is 0 Å². The topological polar surface area (TPSA) is 60.7 Å². The number of hydrogen-bond donors (Lipinski definition) is 3. The van der Waals surface area contributed by atoms with Gasteiger partial charge in [-0.2, -0.15) is 0 Å². The van der Waals surface area contributed by atoms with Gasteiger partial charge in [0.15, 0.2) is 0 Å². The second-order valence-corrected chi connectivity index (χ2v) is 3.90. The zero-order valence-electron chi connectivity index (χ0n) is 8.52. The van der Waals surface area contributed by atoms with E-state index in [0.717, 1.165) is 5.56 Å². The maximum Gasteiger partial charge on any atom is 0.107 e. The van der Waals surface area contributed by atoms with Gasteiger partial charge >= 0.3 is 0 Å². The molecule has 2 unspecified atom stereocenters. The van der Waals surface area contributed by atoms with Crippen LogP contribution in [0.2, 0.25) is 5.02 Å². The van der Waals surface area contributed by atoms with Gasteiger partial charge in [-0.1, -0.05) is 23.7 Å². The number of halogens is 1. The first kappa shape index (κ1) is 12.5. The van der Waals surface area contributed by atoms with Crippen LogP contribution in [0, 0.1) is 6.92 Å². The van der Waals surface area contributed by atoms with E-state index >= 15 is 0 Å². The summed E-state index contributed by atoms with van der Waals surface area (Å²) in [6.45, 7) is 1.65. The maximum absolute atomic E-state index is 9.84. The van der Waals surface area contributed by atoms with Crippen molar-refractivity contribution in [3.63, 3.8) is 0 Å². The summed E-state index contributed by atoms with van der Waals surface area (Å²) in [5.74, 6) is 0. The van der Waals surface area contributed by atoms with Crippen LogP contribution in [-0.4, -0.2) is 28.0 Å². The average molecular weight is 231 g/mol. The van der Waals surface area contributed by atoms with E-state index < -0.39 is 12.2 Å². The van der Waals surface area contributed by atoms with Gasteiger partial charge in [0.1, 0.15) is 6.10 Å². The molecule has 0 aromatic heterocycles. The number of hydrogen-bond acceptors (Lipinski definition) is 3. The molecule has 2 atom stereocenters. The van der Waals surface area contributed by atoms with E-state index in [9.17, 15) is 10.2 Å². The first-order valence-corrected chi connectivity index (χ1v) is 5.17. The van der Waals surface area contributed by atoms with Crippen molar-refractivity contribution < 1.29 is 15.3 Å². The Morgan fingerprint density at radius 1 is 1.33 bits per heavy atom. The molecule has 3 N–H and O–H groups in total. The summed E-state index contributed by atoms with van der Waals surface area (Å²) in [5.41, 5.74) is 1.35. The van der Waals surface area contributed by atoms with E-state index in [0.29, 0.717) is 10.6 Å². The monoisotopic (exact) mass is 230 g/mol. The van der Waals surface area contributed by atoms with Crippen LogP contribution >= 0.6 is 11.6 Å². The number of rotatable bonds is 4. The van der Waals surface area contributed by atoms with Gasteiger partial charge in [-0.15, -0.1) is 0 Å². The normalized spacial score (nSPS) is 15.0. The van der Waals surface area contributed by atoms with Gasteiger partial charge in [0.25, 0.3) is 0 Å². The van der Waals surface area contributed by atoms with Crippen LogP contribution in [0.15, 0.2) is 18.2 Å². The summed E-state index contributed by atoms with van der Waals surface area (Å²) < 4.78 is 0. The third kappa shape index (κ3) is 2.92. The van der Waals surface area contributed by atoms with E-state index in [1.807, 2.05) is 13.0 Å². The highest BCUT2D eigenvalue weighted by Crippen LogP contribution is 2.29. The first-order chi connectivity index (χ1) is 7.07. The number of aryl methyl sites for hydroxylation is 1. The lowest BCUT2D eigenvalue weighted by atomic mass is 9.98. The molecule has 0 saturated carbocycles. The van der Waals surface area contributed by atoms with Crippen LogP contribution in [0.3, 0.4) is 0 Å². The predicted octanol–water partition coefficient (Wildman–Crippen LogP) is 1.43. The van der Waals surface area contributed by atoms with Crippen LogP contribution in [-0.2, 0) is 0 Å². The fourth-order valence-electron chi connectivity index (χ4n) is 1.50. The molecule has 1 rings (SSSR count). The molecule has 0 saturated heterocycles. The lowest BCUT2D eigenvalue weighted by Gasteiger charge is -2.20. The van der Waals surface area contributed by atoms with Crippen LogP contribution in [0.25, 0.3) is 0 Å². The summed E-state index contributed by atoms with van der Waals surface area (Å²) in [6, 6.07) is 5.27. The molecule has 1 aromatic carbocycles. The fourth-order valence-corrected chi connectivity index (χ4v) is 1.84. The van der Waals surface area contributed by atoms with Gasteiger partial charge in [-0.3, -0.25) is 0 Å². The van der Waals surface area contributed by atoms with Crippen LogP contribution in [0.4, 0.5) is 0 Å². The van der Waals surface area contributed by atoms with Gasteiger partial charge < -0.3 is 15.3 Å². The van der Waals surface area contributed by atoms with Crippen molar-refractivity contribution in [3.8, 4) is 0 Å². The SMILES string of the molecule is Cc1cccc(Cl)c1C(O)C(O)CCO. The summed E-state index contributed by atoms with van der Waals surface area (Å²) >= 11 is 5.94. The van der Waals surface area contributed by atoms with Gasteiger partial charge in [-0.25, -0.2) is 0 Å². The van der Waals surface area contributed by atoms with Crippen molar-refractivity contribution in [2.24, 2.45) is 0 Å². The van der Waals surface area contributed by atoms with Crippen molar-refractivity contribution in [1.82, 2.24) is 0 Å². The minimum Gasteiger partial charge on any atom is -0.396 e. The molecule has 0 aliphatic rings. The van der Waals surface area contributed by atoms with E-state index in [4.69, 9.17) is 16.7 Å². The number of aliphatic hydroxyl groups excluding tert-OH is 3. The number of benzene rings is 1. The lowest BCUT2D eigenvalue weighted by Crippen LogP contribution is -2.20. The molecule has 0 aliphatic carbocycles. The smallest absolute Gasteiger partial charge is 0.107 e. The molecule has 3 nitrogen and oxygen atoms in total. The molecule has 0 amide bonds. The first-order valence-electron chi connectivity index (χ1n) is 4.80. The van der Waals surface area contributed by atoms with Gasteiger partial charge in [0, 0.05) is 17.2 Å². The molecule has 0 heterocycles. The Morgan fingerprint density at radius 3 is 2.53 bits per heavy atom. The zero-order valence-corrected chi connectivity index (χ0v) is 9.28.